The fraction of sp³-hybridized carbons (Fsp3) is 0.375. The largest absolute Gasteiger partial charge is 1.00 e. The van der Waals surface area contributed by atoms with Crippen molar-refractivity contribution in [3.05, 3.63) is 48.7 Å². The monoisotopic (exact) mass is 359 g/mol. The van der Waals surface area contributed by atoms with Crippen molar-refractivity contribution in [3.63, 3.8) is 0 Å². The lowest BCUT2D eigenvalue weighted by molar-refractivity contribution is -0.886. The van der Waals surface area contributed by atoms with E-state index in [0.717, 1.165) is 19.6 Å². The Morgan fingerprint density at radius 3 is 2.52 bits per heavy atom. The van der Waals surface area contributed by atoms with Crippen molar-refractivity contribution in [1.29, 1.82) is 0 Å². The molecule has 0 saturated heterocycles. The van der Waals surface area contributed by atoms with Crippen LogP contribution in [0.4, 0.5) is 10.6 Å². The van der Waals surface area contributed by atoms with Gasteiger partial charge in [-0.25, -0.2) is 9.78 Å². The smallest absolute Gasteiger partial charge is 0.415 e. The van der Waals surface area contributed by atoms with E-state index in [4.69, 9.17) is 16.3 Å². The second-order valence-electron chi connectivity index (χ2n) is 4.67. The number of halogens is 2. The van der Waals surface area contributed by atoms with E-state index < -0.39 is 6.09 Å². The summed E-state index contributed by atoms with van der Waals surface area (Å²) in [6.07, 6.45) is 4.82. The Balaban J connectivity index is 0.00000484. The molecule has 0 aliphatic carbocycles. The first-order chi connectivity index (χ1) is 10.6. The van der Waals surface area contributed by atoms with Crippen LogP contribution in [0.2, 0.25) is 5.02 Å². The Morgan fingerprint density at radius 2 is 2.04 bits per heavy atom. The van der Waals surface area contributed by atoms with E-state index in [2.05, 4.69) is 18.1 Å². The van der Waals surface area contributed by atoms with Crippen molar-refractivity contribution in [3.8, 4) is 0 Å². The minimum atomic E-state index is -0.408. The van der Waals surface area contributed by atoms with E-state index in [1.807, 2.05) is 12.2 Å². The summed E-state index contributed by atoms with van der Waals surface area (Å²) < 4.78 is 5.11. The molecule has 0 atom stereocenters. The van der Waals surface area contributed by atoms with Crippen LogP contribution in [0.1, 0.15) is 6.92 Å². The lowest BCUT2D eigenvalue weighted by Crippen LogP contribution is -3.12. The number of carbonyl (C=O) groups excluding carboxylic acids is 1. The van der Waals surface area contributed by atoms with Crippen molar-refractivity contribution in [2.24, 2.45) is 0 Å². The molecule has 23 heavy (non-hydrogen) atoms. The SMILES string of the molecule is C=CC[NH+](CC=C)CCN(C(=O)OCC)c1ccc(Cl)cn1.[Cl-]. The molecular weight excluding hydrogens is 337 g/mol. The number of rotatable bonds is 9. The molecule has 1 amide bonds. The number of ether oxygens (including phenoxy) is 1. The number of quaternary nitrogens is 1. The number of nitrogens with one attached hydrogen (secondary N) is 1. The molecule has 0 saturated carbocycles. The molecule has 0 bridgehead atoms. The Morgan fingerprint density at radius 1 is 1.39 bits per heavy atom. The van der Waals surface area contributed by atoms with Gasteiger partial charge in [0, 0.05) is 6.20 Å². The number of anilines is 1. The summed E-state index contributed by atoms with van der Waals surface area (Å²) in [7, 11) is 0. The van der Waals surface area contributed by atoms with Crippen LogP contribution in [0.25, 0.3) is 0 Å². The fourth-order valence-electron chi connectivity index (χ4n) is 1.99. The summed E-state index contributed by atoms with van der Waals surface area (Å²) in [6, 6.07) is 3.41. The maximum absolute atomic E-state index is 12.1. The van der Waals surface area contributed by atoms with Crippen molar-refractivity contribution in [1.82, 2.24) is 4.98 Å². The van der Waals surface area contributed by atoms with E-state index in [-0.39, 0.29) is 12.4 Å². The van der Waals surface area contributed by atoms with Gasteiger partial charge < -0.3 is 22.0 Å². The summed E-state index contributed by atoms with van der Waals surface area (Å²) >= 11 is 5.84. The van der Waals surface area contributed by atoms with Crippen LogP contribution in [0.3, 0.4) is 0 Å². The van der Waals surface area contributed by atoms with Gasteiger partial charge in [0.1, 0.15) is 5.82 Å². The fourth-order valence-corrected chi connectivity index (χ4v) is 2.11. The zero-order chi connectivity index (χ0) is 16.4. The molecule has 0 aliphatic heterocycles. The lowest BCUT2D eigenvalue weighted by Gasteiger charge is -2.23. The molecule has 7 heteroatoms. The summed E-state index contributed by atoms with van der Waals surface area (Å²) in [6.45, 7) is 12.4. The van der Waals surface area contributed by atoms with Crippen LogP contribution in [-0.2, 0) is 4.74 Å². The normalized spacial score (nSPS) is 9.87. The summed E-state index contributed by atoms with van der Waals surface area (Å²) in [5, 5.41) is 0.526. The van der Waals surface area contributed by atoms with Gasteiger partial charge in [-0.2, -0.15) is 0 Å². The average Bonchev–Trinajstić information content (AvgIpc) is 2.50. The Bertz CT molecular complexity index is 485. The molecule has 0 radical (unpaired) electrons. The van der Waals surface area contributed by atoms with Crippen LogP contribution in [-0.4, -0.2) is 43.9 Å². The highest BCUT2D eigenvalue weighted by Gasteiger charge is 2.20. The molecule has 1 aromatic heterocycles. The van der Waals surface area contributed by atoms with Crippen LogP contribution in [0, 0.1) is 0 Å². The molecule has 0 spiro atoms. The standard InChI is InChI=1S/C16H22ClN3O2.ClH/c1-4-9-19(10-5-2)11-12-20(16(21)22-6-3)15-8-7-14(17)13-18-15;/h4-5,7-8,13H,1-2,6,9-12H2,3H3;1H. The molecule has 0 unspecified atom stereocenters. The number of pyridine rings is 1. The number of carbonyl (C=O) groups is 1. The summed E-state index contributed by atoms with van der Waals surface area (Å²) in [4.78, 5) is 19.1. The van der Waals surface area contributed by atoms with Gasteiger partial charge in [0.05, 0.1) is 37.8 Å². The maximum atomic E-state index is 12.1. The molecule has 1 aromatic rings. The summed E-state index contributed by atoms with van der Waals surface area (Å²) in [5.74, 6) is 0.527. The number of hydrogen-bond acceptors (Lipinski definition) is 3. The molecule has 5 nitrogen and oxygen atoms in total. The predicted molar refractivity (Wildman–Crippen MR) is 89.6 cm³/mol. The zero-order valence-corrected chi connectivity index (χ0v) is 14.8. The molecular formula is C16H23Cl2N3O2. The van der Waals surface area contributed by atoms with Crippen LogP contribution in [0.15, 0.2) is 43.6 Å². The number of amides is 1. The first-order valence-electron chi connectivity index (χ1n) is 7.23. The molecule has 1 N–H and O–H groups in total. The molecule has 0 fully saturated rings. The number of aromatic nitrogens is 1. The second kappa shape index (κ2) is 11.9. The van der Waals surface area contributed by atoms with E-state index >= 15 is 0 Å². The Labute approximate surface area is 149 Å². The van der Waals surface area contributed by atoms with E-state index in [1.54, 1.807) is 19.1 Å². The zero-order valence-electron chi connectivity index (χ0n) is 13.3. The highest BCUT2D eigenvalue weighted by Crippen LogP contribution is 2.14. The van der Waals surface area contributed by atoms with Gasteiger partial charge in [0.25, 0.3) is 0 Å². The number of nitrogens with zero attached hydrogens (tertiary/aromatic N) is 2. The predicted octanol–water partition coefficient (Wildman–Crippen LogP) is -1.04. The number of hydrogen-bond donors (Lipinski definition) is 1. The first-order valence-corrected chi connectivity index (χ1v) is 7.61. The van der Waals surface area contributed by atoms with Gasteiger partial charge >= 0.3 is 6.09 Å². The van der Waals surface area contributed by atoms with Crippen LogP contribution >= 0.6 is 11.6 Å². The van der Waals surface area contributed by atoms with E-state index in [1.165, 1.54) is 16.0 Å². The quantitative estimate of drug-likeness (QED) is 0.573. The Kier molecular flexibility index (Phi) is 11.1. The lowest BCUT2D eigenvalue weighted by atomic mass is 10.4. The minimum Gasteiger partial charge on any atom is -1.00 e. The topological polar surface area (TPSA) is 46.9 Å². The third-order valence-corrected chi connectivity index (χ3v) is 3.26. The molecule has 0 aromatic carbocycles. The van der Waals surface area contributed by atoms with Gasteiger partial charge in [0.15, 0.2) is 0 Å². The molecule has 1 heterocycles. The van der Waals surface area contributed by atoms with Crippen molar-refractivity contribution < 1.29 is 26.8 Å². The van der Waals surface area contributed by atoms with Gasteiger partial charge in [-0.3, -0.25) is 4.90 Å². The molecule has 1 rings (SSSR count). The van der Waals surface area contributed by atoms with E-state index in [9.17, 15) is 4.79 Å². The highest BCUT2D eigenvalue weighted by atomic mass is 35.5. The first kappa shape index (κ1) is 21.4. The Hall–Kier alpha value is -1.56. The summed E-state index contributed by atoms with van der Waals surface area (Å²) in [5.41, 5.74) is 0. The van der Waals surface area contributed by atoms with Gasteiger partial charge in [-0.05, 0) is 31.2 Å². The van der Waals surface area contributed by atoms with Gasteiger partial charge in [0.2, 0.25) is 0 Å². The van der Waals surface area contributed by atoms with Crippen molar-refractivity contribution >= 4 is 23.5 Å². The van der Waals surface area contributed by atoms with Crippen LogP contribution in [0.5, 0.6) is 0 Å². The average molecular weight is 360 g/mol. The third kappa shape index (κ3) is 7.50. The van der Waals surface area contributed by atoms with Crippen LogP contribution < -0.4 is 22.2 Å². The highest BCUT2D eigenvalue weighted by molar-refractivity contribution is 6.30. The third-order valence-electron chi connectivity index (χ3n) is 3.03. The van der Waals surface area contributed by atoms with Gasteiger partial charge in [-0.1, -0.05) is 24.8 Å². The van der Waals surface area contributed by atoms with Crippen molar-refractivity contribution in [2.45, 2.75) is 6.92 Å². The minimum absolute atomic E-state index is 0. The van der Waals surface area contributed by atoms with Gasteiger partial charge in [-0.15, -0.1) is 0 Å². The molecule has 0 aliphatic rings. The van der Waals surface area contributed by atoms with E-state index in [0.29, 0.717) is 24.0 Å². The molecule has 128 valence electrons. The second-order valence-corrected chi connectivity index (χ2v) is 5.11. The maximum Gasteiger partial charge on any atom is 0.415 e. The van der Waals surface area contributed by atoms with Crippen molar-refractivity contribution in [2.75, 3.05) is 37.7 Å².